The van der Waals surface area contributed by atoms with Crippen molar-refractivity contribution in [1.29, 1.82) is 0 Å². The van der Waals surface area contributed by atoms with Gasteiger partial charge in [0, 0.05) is 20.1 Å². The molecule has 1 N–H and O–H groups in total. The number of nitrogens with one attached hydrogen (secondary N) is 1. The van der Waals surface area contributed by atoms with Crippen LogP contribution in [-0.4, -0.2) is 30.9 Å². The van der Waals surface area contributed by atoms with Gasteiger partial charge in [0.05, 0.1) is 5.92 Å². The molecule has 3 nitrogen and oxygen atoms in total. The van der Waals surface area contributed by atoms with Crippen LogP contribution in [-0.2, 0) is 11.3 Å². The number of carbonyl (C=O) groups is 1. The third-order valence-electron chi connectivity index (χ3n) is 4.09. The first-order valence-electron chi connectivity index (χ1n) is 7.62. The van der Waals surface area contributed by atoms with E-state index in [1.807, 2.05) is 11.9 Å². The van der Waals surface area contributed by atoms with E-state index in [2.05, 4.69) is 43.4 Å². The Kier molecular flexibility index (Phi) is 5.18. The van der Waals surface area contributed by atoms with Crippen LogP contribution in [0.25, 0.3) is 0 Å². The van der Waals surface area contributed by atoms with Gasteiger partial charge < -0.3 is 10.2 Å². The third-order valence-corrected chi connectivity index (χ3v) is 4.09. The molecule has 1 aliphatic rings. The molecule has 1 amide bonds. The minimum absolute atomic E-state index is 0.156. The van der Waals surface area contributed by atoms with Gasteiger partial charge >= 0.3 is 0 Å². The summed E-state index contributed by atoms with van der Waals surface area (Å²) >= 11 is 0. The molecule has 1 aromatic rings. The first-order valence-corrected chi connectivity index (χ1v) is 7.62. The van der Waals surface area contributed by atoms with Crippen LogP contribution < -0.4 is 5.32 Å². The Hall–Kier alpha value is -1.35. The SMILES string of the molecule is CC(C)c1ccc(CN(C)C(=O)[C@@H]2CCCNC2)cc1. The maximum Gasteiger partial charge on any atom is 0.227 e. The molecule has 1 aromatic carbocycles. The molecule has 1 atom stereocenters. The Morgan fingerprint density at radius 2 is 2.05 bits per heavy atom. The van der Waals surface area contributed by atoms with Crippen molar-refractivity contribution >= 4 is 5.91 Å². The zero-order chi connectivity index (χ0) is 14.5. The number of piperidine rings is 1. The Labute approximate surface area is 122 Å². The molecule has 0 aliphatic carbocycles. The molecule has 1 aliphatic heterocycles. The zero-order valence-corrected chi connectivity index (χ0v) is 12.9. The normalized spacial score (nSPS) is 19.1. The van der Waals surface area contributed by atoms with E-state index in [0.29, 0.717) is 12.5 Å². The quantitative estimate of drug-likeness (QED) is 0.915. The lowest BCUT2D eigenvalue weighted by Crippen LogP contribution is -2.41. The summed E-state index contributed by atoms with van der Waals surface area (Å²) in [7, 11) is 1.91. The molecule has 1 heterocycles. The third kappa shape index (κ3) is 3.83. The van der Waals surface area contributed by atoms with Gasteiger partial charge in [0.25, 0.3) is 0 Å². The highest BCUT2D eigenvalue weighted by Crippen LogP contribution is 2.17. The van der Waals surface area contributed by atoms with Crippen molar-refractivity contribution in [1.82, 2.24) is 10.2 Å². The molecule has 0 spiro atoms. The summed E-state index contributed by atoms with van der Waals surface area (Å²) in [4.78, 5) is 14.2. The van der Waals surface area contributed by atoms with Crippen LogP contribution in [0.5, 0.6) is 0 Å². The Balaban J connectivity index is 1.92. The number of hydrogen-bond donors (Lipinski definition) is 1. The van der Waals surface area contributed by atoms with Gasteiger partial charge in [-0.1, -0.05) is 38.1 Å². The van der Waals surface area contributed by atoms with E-state index < -0.39 is 0 Å². The average molecular weight is 274 g/mol. The smallest absolute Gasteiger partial charge is 0.227 e. The molecule has 2 rings (SSSR count). The van der Waals surface area contributed by atoms with E-state index in [-0.39, 0.29) is 11.8 Å². The van der Waals surface area contributed by atoms with Crippen molar-refractivity contribution in [2.75, 3.05) is 20.1 Å². The lowest BCUT2D eigenvalue weighted by molar-refractivity contribution is -0.135. The fraction of sp³-hybridized carbons (Fsp3) is 0.588. The molecule has 0 unspecified atom stereocenters. The first kappa shape index (κ1) is 15.0. The van der Waals surface area contributed by atoms with Crippen LogP contribution in [0.2, 0.25) is 0 Å². The van der Waals surface area contributed by atoms with Crippen LogP contribution in [0.4, 0.5) is 0 Å². The fourth-order valence-corrected chi connectivity index (χ4v) is 2.73. The monoisotopic (exact) mass is 274 g/mol. The van der Waals surface area contributed by atoms with Crippen molar-refractivity contribution in [3.63, 3.8) is 0 Å². The molecule has 1 saturated heterocycles. The minimum atomic E-state index is 0.156. The lowest BCUT2D eigenvalue weighted by atomic mass is 9.98. The summed E-state index contributed by atoms with van der Waals surface area (Å²) in [5.74, 6) is 0.977. The molecule has 110 valence electrons. The van der Waals surface area contributed by atoms with Crippen LogP contribution in [0.3, 0.4) is 0 Å². The summed E-state index contributed by atoms with van der Waals surface area (Å²) in [5.41, 5.74) is 2.55. The summed E-state index contributed by atoms with van der Waals surface area (Å²) in [6.07, 6.45) is 2.12. The number of benzene rings is 1. The van der Waals surface area contributed by atoms with Crippen molar-refractivity contribution in [3.8, 4) is 0 Å². The topological polar surface area (TPSA) is 32.3 Å². The van der Waals surface area contributed by atoms with Gasteiger partial charge in [0.1, 0.15) is 0 Å². The summed E-state index contributed by atoms with van der Waals surface area (Å²) in [5, 5.41) is 3.31. The van der Waals surface area contributed by atoms with Crippen molar-refractivity contribution in [3.05, 3.63) is 35.4 Å². The van der Waals surface area contributed by atoms with Gasteiger partial charge in [-0.05, 0) is 36.4 Å². The van der Waals surface area contributed by atoms with E-state index in [9.17, 15) is 4.79 Å². The Bertz CT molecular complexity index is 433. The van der Waals surface area contributed by atoms with Gasteiger partial charge in [0.15, 0.2) is 0 Å². The number of rotatable bonds is 4. The molecule has 3 heteroatoms. The highest BCUT2D eigenvalue weighted by Gasteiger charge is 2.23. The highest BCUT2D eigenvalue weighted by atomic mass is 16.2. The van der Waals surface area contributed by atoms with Crippen molar-refractivity contribution in [2.45, 2.75) is 39.2 Å². The summed E-state index contributed by atoms with van der Waals surface area (Å²) in [6, 6.07) is 8.61. The Morgan fingerprint density at radius 1 is 1.35 bits per heavy atom. The van der Waals surface area contributed by atoms with Gasteiger partial charge in [-0.15, -0.1) is 0 Å². The predicted octanol–water partition coefficient (Wildman–Crippen LogP) is 2.77. The second-order valence-corrected chi connectivity index (χ2v) is 6.13. The van der Waals surface area contributed by atoms with Crippen LogP contribution in [0, 0.1) is 5.92 Å². The number of hydrogen-bond acceptors (Lipinski definition) is 2. The molecular formula is C17H26N2O. The van der Waals surface area contributed by atoms with Crippen LogP contribution in [0.1, 0.15) is 43.7 Å². The molecule has 0 bridgehead atoms. The van der Waals surface area contributed by atoms with Gasteiger partial charge in [-0.2, -0.15) is 0 Å². The van der Waals surface area contributed by atoms with Crippen molar-refractivity contribution in [2.24, 2.45) is 5.92 Å². The van der Waals surface area contributed by atoms with E-state index >= 15 is 0 Å². The summed E-state index contributed by atoms with van der Waals surface area (Å²) < 4.78 is 0. The highest BCUT2D eigenvalue weighted by molar-refractivity contribution is 5.78. The largest absolute Gasteiger partial charge is 0.341 e. The van der Waals surface area contributed by atoms with Crippen LogP contribution >= 0.6 is 0 Å². The van der Waals surface area contributed by atoms with E-state index in [0.717, 1.165) is 25.9 Å². The molecule has 0 saturated carbocycles. The molecule has 0 radical (unpaired) electrons. The van der Waals surface area contributed by atoms with E-state index in [1.54, 1.807) is 0 Å². The van der Waals surface area contributed by atoms with Gasteiger partial charge in [0.2, 0.25) is 5.91 Å². The zero-order valence-electron chi connectivity index (χ0n) is 12.9. The lowest BCUT2D eigenvalue weighted by Gasteiger charge is -2.27. The minimum Gasteiger partial charge on any atom is -0.341 e. The van der Waals surface area contributed by atoms with E-state index in [1.165, 1.54) is 11.1 Å². The standard InChI is InChI=1S/C17H26N2O/c1-13(2)15-8-6-14(7-9-15)12-19(3)17(20)16-5-4-10-18-11-16/h6-9,13,16,18H,4-5,10-12H2,1-3H3/t16-/m1/s1. The van der Waals surface area contributed by atoms with Crippen LogP contribution in [0.15, 0.2) is 24.3 Å². The molecule has 1 fully saturated rings. The number of amides is 1. The van der Waals surface area contributed by atoms with E-state index in [4.69, 9.17) is 0 Å². The Morgan fingerprint density at radius 3 is 2.60 bits per heavy atom. The average Bonchev–Trinajstić information content (AvgIpc) is 2.48. The molecule has 20 heavy (non-hydrogen) atoms. The van der Waals surface area contributed by atoms with Gasteiger partial charge in [-0.25, -0.2) is 0 Å². The second-order valence-electron chi connectivity index (χ2n) is 6.13. The van der Waals surface area contributed by atoms with Crippen molar-refractivity contribution < 1.29 is 4.79 Å². The number of nitrogens with zero attached hydrogens (tertiary/aromatic N) is 1. The molecular weight excluding hydrogens is 248 g/mol. The predicted molar refractivity (Wildman–Crippen MR) is 82.6 cm³/mol. The maximum atomic E-state index is 12.4. The number of carbonyl (C=O) groups excluding carboxylic acids is 1. The first-order chi connectivity index (χ1) is 9.58. The van der Waals surface area contributed by atoms with Gasteiger partial charge in [-0.3, -0.25) is 4.79 Å². The molecule has 0 aromatic heterocycles. The summed E-state index contributed by atoms with van der Waals surface area (Å²) in [6.45, 7) is 6.97. The maximum absolute atomic E-state index is 12.4. The fourth-order valence-electron chi connectivity index (χ4n) is 2.73. The second kappa shape index (κ2) is 6.89.